The summed E-state index contributed by atoms with van der Waals surface area (Å²) >= 11 is 0. The summed E-state index contributed by atoms with van der Waals surface area (Å²) in [5.74, 6) is 4.58. The summed E-state index contributed by atoms with van der Waals surface area (Å²) in [6.07, 6.45) is 3.01. The van der Waals surface area contributed by atoms with Gasteiger partial charge in [-0.25, -0.2) is 5.84 Å². The second-order valence-electron chi connectivity index (χ2n) is 5.97. The molecule has 0 spiro atoms. The number of rotatable bonds is 6. The molecule has 1 amide bonds. The quantitative estimate of drug-likeness (QED) is 0.155. The van der Waals surface area contributed by atoms with E-state index in [4.69, 9.17) is 5.84 Å². The Morgan fingerprint density at radius 2 is 1.41 bits per heavy atom. The zero-order valence-corrected chi connectivity index (χ0v) is 17.6. The zero-order valence-electron chi connectivity index (χ0n) is 15.2. The first kappa shape index (κ1) is 22.4. The van der Waals surface area contributed by atoms with Crippen LogP contribution in [0.3, 0.4) is 0 Å². The first-order chi connectivity index (χ1) is 13.4. The molecule has 0 bridgehead atoms. The van der Waals surface area contributed by atoms with Gasteiger partial charge in [0.25, 0.3) is 15.9 Å². The number of benzene rings is 2. The predicted octanol–water partition coefficient (Wildman–Crippen LogP) is -1.43. The predicted molar refractivity (Wildman–Crippen MR) is 101 cm³/mol. The summed E-state index contributed by atoms with van der Waals surface area (Å²) in [6, 6.07) is 19.2. The third kappa shape index (κ3) is 5.14. The largest absolute Gasteiger partial charge is 1.00 e. The maximum atomic E-state index is 12.6. The molecule has 1 aromatic heterocycles. The third-order valence-electron chi connectivity index (χ3n) is 4.03. The van der Waals surface area contributed by atoms with Crippen LogP contribution in [0, 0.1) is 0 Å². The fourth-order valence-corrected chi connectivity index (χ4v) is 3.62. The number of nitrogens with zero attached hydrogens (tertiary/aromatic N) is 2. The summed E-state index contributed by atoms with van der Waals surface area (Å²) < 4.78 is 26.7. The maximum Gasteiger partial charge on any atom is 0.288 e. The molecular weight excluding hydrogens is 458 g/mol. The fourth-order valence-electron chi connectivity index (χ4n) is 2.57. The van der Waals surface area contributed by atoms with E-state index in [1.165, 1.54) is 41.1 Å². The Balaban J connectivity index is 0.00000300. The van der Waals surface area contributed by atoms with Crippen molar-refractivity contribution in [2.75, 3.05) is 0 Å². The molecule has 2 aromatic carbocycles. The van der Waals surface area contributed by atoms with Crippen molar-refractivity contribution >= 4 is 21.7 Å². The van der Waals surface area contributed by atoms with Gasteiger partial charge in [0.15, 0.2) is 12.4 Å². The molecule has 1 heterocycles. The minimum Gasteiger partial charge on any atom is -1.00 e. The van der Waals surface area contributed by atoms with Gasteiger partial charge in [0.2, 0.25) is 12.3 Å². The number of ketones is 1. The minimum absolute atomic E-state index is 0. The van der Waals surface area contributed by atoms with Crippen molar-refractivity contribution in [1.29, 1.82) is 0 Å². The smallest absolute Gasteiger partial charge is 0.288 e. The molecule has 0 fully saturated rings. The lowest BCUT2D eigenvalue weighted by molar-refractivity contribution is -0.683. The van der Waals surface area contributed by atoms with Gasteiger partial charge >= 0.3 is 0 Å². The van der Waals surface area contributed by atoms with Gasteiger partial charge in [0, 0.05) is 11.6 Å². The second-order valence-corrected chi connectivity index (χ2v) is 7.79. The highest BCUT2D eigenvalue weighted by Crippen LogP contribution is 2.14. The standard InChI is InChI=1S/C20H18N3O4S.BrH/c21-23(28(26,27)18-11-5-2-6-12-18)20(25)17-10-7-13-22(14-17)15-19(24)16-8-3-1-4-9-16;/h1-14H,15,21H2;1H/q+1;/p-1. The normalized spacial score (nSPS) is 10.7. The molecule has 3 aromatic rings. The Kier molecular flexibility index (Phi) is 7.38. The summed E-state index contributed by atoms with van der Waals surface area (Å²) in [5.41, 5.74) is 0.587. The molecule has 0 radical (unpaired) electrons. The van der Waals surface area contributed by atoms with E-state index in [1.54, 1.807) is 42.6 Å². The van der Waals surface area contributed by atoms with Crippen LogP contribution in [0.25, 0.3) is 0 Å². The van der Waals surface area contributed by atoms with Gasteiger partial charge in [-0.1, -0.05) is 48.5 Å². The summed E-state index contributed by atoms with van der Waals surface area (Å²) in [5, 5.41) is 0. The topological polar surface area (TPSA) is 101 Å². The van der Waals surface area contributed by atoms with Crippen LogP contribution in [0.1, 0.15) is 20.7 Å². The van der Waals surface area contributed by atoms with Gasteiger partial charge in [0.05, 0.1) is 4.90 Å². The second kappa shape index (κ2) is 9.55. The molecule has 0 aliphatic rings. The molecule has 7 nitrogen and oxygen atoms in total. The number of carbonyl (C=O) groups is 2. The molecule has 0 unspecified atom stereocenters. The molecule has 150 valence electrons. The van der Waals surface area contributed by atoms with Crippen LogP contribution in [0.2, 0.25) is 0 Å². The average Bonchev–Trinajstić information content (AvgIpc) is 2.74. The summed E-state index contributed by atoms with van der Waals surface area (Å²) in [7, 11) is -4.18. The Labute approximate surface area is 179 Å². The number of hydrogen-bond donors (Lipinski definition) is 1. The van der Waals surface area contributed by atoms with Crippen LogP contribution in [-0.2, 0) is 16.6 Å². The lowest BCUT2D eigenvalue weighted by atomic mass is 10.1. The number of Topliss-reactive ketones (excluding diaryl/α,β-unsaturated/α-hetero) is 1. The van der Waals surface area contributed by atoms with Crippen molar-refractivity contribution in [3.8, 4) is 0 Å². The highest BCUT2D eigenvalue weighted by Gasteiger charge is 2.28. The number of halogens is 1. The molecule has 29 heavy (non-hydrogen) atoms. The monoisotopic (exact) mass is 475 g/mol. The number of pyridine rings is 1. The average molecular weight is 476 g/mol. The molecule has 3 rings (SSSR count). The maximum absolute atomic E-state index is 12.6. The van der Waals surface area contributed by atoms with Crippen molar-refractivity contribution in [3.05, 3.63) is 96.3 Å². The van der Waals surface area contributed by atoms with Crippen LogP contribution in [0.15, 0.2) is 90.1 Å². The van der Waals surface area contributed by atoms with Crippen molar-refractivity contribution in [2.24, 2.45) is 5.84 Å². The number of aromatic nitrogens is 1. The third-order valence-corrected chi connectivity index (χ3v) is 5.58. The van der Waals surface area contributed by atoms with Crippen molar-refractivity contribution in [1.82, 2.24) is 4.41 Å². The SMILES string of the molecule is NN(C(=O)c1ccc[n+](CC(=O)c2ccccc2)c1)S(=O)(=O)c1ccccc1.[Br-]. The molecular formula is C20H18BrN3O4S. The van der Waals surface area contributed by atoms with E-state index >= 15 is 0 Å². The number of sulfonamides is 1. The van der Waals surface area contributed by atoms with Crippen LogP contribution in [0.5, 0.6) is 0 Å². The minimum atomic E-state index is -4.18. The highest BCUT2D eigenvalue weighted by atomic mass is 79.9. The fraction of sp³-hybridized carbons (Fsp3) is 0.0500. The van der Waals surface area contributed by atoms with E-state index in [2.05, 4.69) is 0 Å². The lowest BCUT2D eigenvalue weighted by Crippen LogP contribution is -3.00. The summed E-state index contributed by atoms with van der Waals surface area (Å²) in [4.78, 5) is 24.8. The highest BCUT2D eigenvalue weighted by molar-refractivity contribution is 7.89. The lowest BCUT2D eigenvalue weighted by Gasteiger charge is -2.16. The van der Waals surface area contributed by atoms with Crippen LogP contribution in [0.4, 0.5) is 0 Å². The van der Waals surface area contributed by atoms with E-state index in [9.17, 15) is 18.0 Å². The number of amides is 1. The van der Waals surface area contributed by atoms with E-state index in [-0.39, 0.29) is 44.2 Å². The number of hydrogen-bond acceptors (Lipinski definition) is 5. The van der Waals surface area contributed by atoms with E-state index < -0.39 is 15.9 Å². The van der Waals surface area contributed by atoms with Gasteiger partial charge < -0.3 is 17.0 Å². The first-order valence-electron chi connectivity index (χ1n) is 8.36. The van der Waals surface area contributed by atoms with Crippen LogP contribution < -0.4 is 27.4 Å². The van der Waals surface area contributed by atoms with Crippen molar-refractivity contribution < 1.29 is 39.6 Å². The number of nitrogens with two attached hydrogens (primary N) is 1. The van der Waals surface area contributed by atoms with E-state index in [0.717, 1.165) is 0 Å². The first-order valence-corrected chi connectivity index (χ1v) is 9.80. The van der Waals surface area contributed by atoms with Gasteiger partial charge in [-0.3, -0.25) is 9.59 Å². The summed E-state index contributed by atoms with van der Waals surface area (Å²) in [6.45, 7) is 0.00113. The Bertz CT molecular complexity index is 1110. The molecule has 9 heteroatoms. The molecule has 0 saturated heterocycles. The number of hydrazine groups is 1. The molecule has 0 atom stereocenters. The van der Waals surface area contributed by atoms with E-state index in [0.29, 0.717) is 5.56 Å². The van der Waals surface area contributed by atoms with Crippen molar-refractivity contribution in [2.45, 2.75) is 11.4 Å². The molecule has 0 saturated carbocycles. The van der Waals surface area contributed by atoms with Gasteiger partial charge in [-0.15, -0.1) is 0 Å². The Hall–Kier alpha value is -2.88. The molecule has 2 N–H and O–H groups in total. The molecule has 0 aliphatic heterocycles. The van der Waals surface area contributed by atoms with Crippen LogP contribution in [-0.4, -0.2) is 24.5 Å². The van der Waals surface area contributed by atoms with Gasteiger partial charge in [0.1, 0.15) is 5.56 Å². The Morgan fingerprint density at radius 1 is 0.862 bits per heavy atom. The van der Waals surface area contributed by atoms with Crippen molar-refractivity contribution in [3.63, 3.8) is 0 Å². The molecule has 0 aliphatic carbocycles. The van der Waals surface area contributed by atoms with Gasteiger partial charge in [-0.2, -0.15) is 17.4 Å². The number of carbonyl (C=O) groups excluding carboxylic acids is 2. The Morgan fingerprint density at radius 3 is 2.03 bits per heavy atom. The van der Waals surface area contributed by atoms with Gasteiger partial charge in [-0.05, 0) is 18.2 Å². The van der Waals surface area contributed by atoms with E-state index in [1.807, 2.05) is 6.07 Å². The zero-order chi connectivity index (χ0) is 20.1. The van der Waals surface area contributed by atoms with Crippen LogP contribution >= 0.6 is 0 Å².